The molecule has 24 heavy (non-hydrogen) atoms. The smallest absolute Gasteiger partial charge is 0.142 e. The van der Waals surface area contributed by atoms with E-state index in [0.717, 1.165) is 37.4 Å². The molecule has 2 rings (SSSR count). The van der Waals surface area contributed by atoms with E-state index in [1.807, 2.05) is 37.1 Å². The quantitative estimate of drug-likeness (QED) is 0.545. The monoisotopic (exact) mass is 333 g/mol. The molecule has 0 aromatic heterocycles. The minimum absolute atomic E-state index is 0.395. The lowest BCUT2D eigenvalue weighted by Crippen LogP contribution is -2.53. The summed E-state index contributed by atoms with van der Waals surface area (Å²) in [6.45, 7) is 3.55. The average molecular weight is 333 g/mol. The van der Waals surface area contributed by atoms with Gasteiger partial charge < -0.3 is 14.4 Å². The van der Waals surface area contributed by atoms with Crippen molar-refractivity contribution in [3.05, 3.63) is 23.8 Å². The van der Waals surface area contributed by atoms with Crippen molar-refractivity contribution in [2.45, 2.75) is 13.0 Å². The second-order valence-electron chi connectivity index (χ2n) is 6.03. The van der Waals surface area contributed by atoms with Gasteiger partial charge in [-0.25, -0.2) is 5.43 Å². The fourth-order valence-corrected chi connectivity index (χ4v) is 2.74. The minimum atomic E-state index is 0.395. The van der Waals surface area contributed by atoms with E-state index in [9.17, 15) is 4.79 Å². The number of carbonyl (C=O) groups is 1. The Bertz CT molecular complexity index is 576. The van der Waals surface area contributed by atoms with Crippen molar-refractivity contribution in [1.82, 2.24) is 15.3 Å². The highest BCUT2D eigenvalue weighted by atomic mass is 16.5. The molecule has 0 spiro atoms. The number of piperazine rings is 1. The fourth-order valence-electron chi connectivity index (χ4n) is 2.74. The normalized spacial score (nSPS) is 15.5. The van der Waals surface area contributed by atoms with Crippen molar-refractivity contribution in [3.8, 4) is 5.75 Å². The molecule has 0 atom stereocenters. The first-order valence-electron chi connectivity index (χ1n) is 8.16. The lowest BCUT2D eigenvalue weighted by molar-refractivity contribution is -0.108. The summed E-state index contributed by atoms with van der Waals surface area (Å²) in [6, 6.07) is 6.13. The van der Waals surface area contributed by atoms with Crippen molar-refractivity contribution < 1.29 is 9.53 Å². The number of amidine groups is 1. The van der Waals surface area contributed by atoms with Crippen LogP contribution in [0.5, 0.6) is 5.75 Å². The molecule has 0 amide bonds. The first kappa shape index (κ1) is 18.2. The zero-order valence-corrected chi connectivity index (χ0v) is 14.7. The van der Waals surface area contributed by atoms with Crippen LogP contribution in [-0.4, -0.2) is 69.4 Å². The van der Waals surface area contributed by atoms with E-state index in [1.54, 1.807) is 0 Å². The number of carbonyl (C=O) groups excluding carboxylic acids is 1. The van der Waals surface area contributed by atoms with E-state index in [2.05, 4.69) is 22.5 Å². The average Bonchev–Trinajstić information content (AvgIpc) is 2.56. The summed E-state index contributed by atoms with van der Waals surface area (Å²) >= 11 is 0. The van der Waals surface area contributed by atoms with Crippen LogP contribution < -0.4 is 15.1 Å². The number of nitrogens with one attached hydrogen (secondary N) is 2. The Balaban J connectivity index is 2.04. The van der Waals surface area contributed by atoms with Crippen molar-refractivity contribution in [2.75, 3.05) is 52.3 Å². The van der Waals surface area contributed by atoms with Crippen LogP contribution >= 0.6 is 0 Å². The van der Waals surface area contributed by atoms with Crippen LogP contribution in [0.1, 0.15) is 12.0 Å². The summed E-state index contributed by atoms with van der Waals surface area (Å²) in [5.41, 5.74) is 5.22. The lowest BCUT2D eigenvalue weighted by Gasteiger charge is -2.35. The fraction of sp³-hybridized carbons (Fsp3) is 0.529. The highest BCUT2D eigenvalue weighted by Gasteiger charge is 2.20. The Morgan fingerprint density at radius 2 is 2.17 bits per heavy atom. The molecule has 0 radical (unpaired) electrons. The maximum absolute atomic E-state index is 10.4. The molecule has 1 aromatic carbocycles. The third-order valence-electron chi connectivity index (χ3n) is 4.01. The van der Waals surface area contributed by atoms with E-state index in [4.69, 9.17) is 10.1 Å². The number of nitrogens with zero attached hydrogens (tertiary/aromatic N) is 3. The van der Waals surface area contributed by atoms with Gasteiger partial charge in [0.05, 0.1) is 18.8 Å². The molecule has 0 bridgehead atoms. The molecule has 0 saturated carbocycles. The third kappa shape index (κ3) is 4.69. The Morgan fingerprint density at radius 3 is 2.79 bits per heavy atom. The maximum atomic E-state index is 10.4. The molecule has 7 nitrogen and oxygen atoms in total. The van der Waals surface area contributed by atoms with Gasteiger partial charge in [0.25, 0.3) is 0 Å². The van der Waals surface area contributed by atoms with Crippen molar-refractivity contribution in [1.29, 1.82) is 5.41 Å². The highest BCUT2D eigenvalue weighted by molar-refractivity contribution is 5.81. The number of hydrazine groups is 1. The van der Waals surface area contributed by atoms with Gasteiger partial charge in [0.15, 0.2) is 0 Å². The predicted octanol–water partition coefficient (Wildman–Crippen LogP) is 0.950. The summed E-state index contributed by atoms with van der Waals surface area (Å²) in [7, 11) is 5.80. The number of benzene rings is 1. The van der Waals surface area contributed by atoms with Gasteiger partial charge in [0, 0.05) is 47.2 Å². The summed E-state index contributed by atoms with van der Waals surface area (Å²) < 4.78 is 5.69. The number of aldehydes is 1. The molecule has 7 heteroatoms. The molecule has 1 aliphatic rings. The molecular formula is C17H27N5O2. The van der Waals surface area contributed by atoms with Crippen LogP contribution in [0.15, 0.2) is 18.2 Å². The lowest BCUT2D eigenvalue weighted by atomic mass is 10.1. The van der Waals surface area contributed by atoms with E-state index < -0.39 is 0 Å². The molecule has 132 valence electrons. The predicted molar refractivity (Wildman–Crippen MR) is 95.7 cm³/mol. The highest BCUT2D eigenvalue weighted by Crippen LogP contribution is 2.29. The van der Waals surface area contributed by atoms with Gasteiger partial charge in [-0.1, -0.05) is 6.07 Å². The van der Waals surface area contributed by atoms with Gasteiger partial charge in [0.2, 0.25) is 0 Å². The topological polar surface area (TPSA) is 71.9 Å². The van der Waals surface area contributed by atoms with Crippen LogP contribution in [0.25, 0.3) is 0 Å². The van der Waals surface area contributed by atoms with Gasteiger partial charge in [-0.3, -0.25) is 15.3 Å². The number of ether oxygens (including phenoxy) is 1. The Hall–Kier alpha value is -2.12. The van der Waals surface area contributed by atoms with Crippen molar-refractivity contribution in [3.63, 3.8) is 0 Å². The Morgan fingerprint density at radius 1 is 1.38 bits per heavy atom. The first-order valence-corrected chi connectivity index (χ1v) is 8.16. The molecule has 1 fully saturated rings. The molecule has 0 unspecified atom stereocenters. The van der Waals surface area contributed by atoms with E-state index in [1.165, 1.54) is 5.56 Å². The zero-order chi connectivity index (χ0) is 17.5. The molecule has 1 heterocycles. The summed E-state index contributed by atoms with van der Waals surface area (Å²) in [4.78, 5) is 14.7. The molecular weight excluding hydrogens is 306 g/mol. The van der Waals surface area contributed by atoms with Crippen LogP contribution in [0, 0.1) is 5.41 Å². The van der Waals surface area contributed by atoms with Crippen molar-refractivity contribution >= 4 is 17.8 Å². The van der Waals surface area contributed by atoms with E-state index in [-0.39, 0.29) is 0 Å². The van der Waals surface area contributed by atoms with Gasteiger partial charge in [-0.2, -0.15) is 0 Å². The second-order valence-corrected chi connectivity index (χ2v) is 6.03. The minimum Gasteiger partial charge on any atom is -0.491 e. The number of hydrogen-bond acceptors (Lipinski definition) is 6. The number of anilines is 1. The van der Waals surface area contributed by atoms with Crippen LogP contribution in [0.2, 0.25) is 0 Å². The summed E-state index contributed by atoms with van der Waals surface area (Å²) in [5, 5.41) is 9.91. The van der Waals surface area contributed by atoms with E-state index >= 15 is 0 Å². The standard InChI is InChI=1S/C17H27N5O2/c1-19-22-8-7-21(13-17(22)18)12-14-5-6-16(24-10-4-9-23)15(11-14)20(2)3/h5-6,9,11,18-19H,4,7-8,10,12-13H2,1-3H3. The van der Waals surface area contributed by atoms with Crippen LogP contribution in [0.4, 0.5) is 5.69 Å². The Labute approximate surface area is 143 Å². The largest absolute Gasteiger partial charge is 0.491 e. The third-order valence-corrected chi connectivity index (χ3v) is 4.01. The van der Waals surface area contributed by atoms with Crippen molar-refractivity contribution in [2.24, 2.45) is 0 Å². The van der Waals surface area contributed by atoms with Gasteiger partial charge in [-0.05, 0) is 17.7 Å². The summed E-state index contributed by atoms with van der Waals surface area (Å²) in [5.74, 6) is 1.38. The maximum Gasteiger partial charge on any atom is 0.142 e. The SMILES string of the molecule is CNN1CCN(Cc2ccc(OCCC=O)c(N(C)C)c2)CC1=N. The molecule has 1 aliphatic heterocycles. The summed E-state index contributed by atoms with van der Waals surface area (Å²) in [6.07, 6.45) is 1.26. The number of rotatable bonds is 8. The molecule has 2 N–H and O–H groups in total. The molecule has 1 aromatic rings. The molecule has 1 saturated heterocycles. The van der Waals surface area contributed by atoms with E-state index in [0.29, 0.717) is 25.4 Å². The van der Waals surface area contributed by atoms with Gasteiger partial charge in [0.1, 0.15) is 17.9 Å². The second kappa shape index (κ2) is 8.65. The number of hydrogen-bond donors (Lipinski definition) is 2. The first-order chi connectivity index (χ1) is 11.5. The Kier molecular flexibility index (Phi) is 6.57. The van der Waals surface area contributed by atoms with Gasteiger partial charge >= 0.3 is 0 Å². The van der Waals surface area contributed by atoms with Crippen LogP contribution in [-0.2, 0) is 11.3 Å². The van der Waals surface area contributed by atoms with Gasteiger partial charge in [-0.15, -0.1) is 0 Å². The molecule has 0 aliphatic carbocycles. The van der Waals surface area contributed by atoms with Crippen LogP contribution in [0.3, 0.4) is 0 Å². The zero-order valence-electron chi connectivity index (χ0n) is 14.7.